The summed E-state index contributed by atoms with van der Waals surface area (Å²) in [6, 6.07) is 2.45. The van der Waals surface area contributed by atoms with Crippen LogP contribution in [-0.2, 0) is 0 Å². The van der Waals surface area contributed by atoms with E-state index in [1.165, 1.54) is 6.26 Å². The van der Waals surface area contributed by atoms with Gasteiger partial charge in [-0.2, -0.15) is 0 Å². The van der Waals surface area contributed by atoms with Gasteiger partial charge in [-0.3, -0.25) is 0 Å². The maximum Gasteiger partial charge on any atom is 0.132 e. The lowest BCUT2D eigenvalue weighted by Crippen LogP contribution is -2.12. The Labute approximate surface area is 58.6 Å². The van der Waals surface area contributed by atoms with Crippen molar-refractivity contribution in [2.24, 2.45) is 5.73 Å². The van der Waals surface area contributed by atoms with Gasteiger partial charge in [-0.25, -0.2) is 0 Å². The van der Waals surface area contributed by atoms with Gasteiger partial charge >= 0.3 is 0 Å². The quantitative estimate of drug-likeness (QED) is 0.614. The SMILES string of the molecule is NC(CCO)c1[c]con1. The summed E-state index contributed by atoms with van der Waals surface area (Å²) < 4.78 is 4.51. The number of nitrogens with zero attached hydrogens (tertiary/aromatic N) is 1. The molecule has 1 radical (unpaired) electrons. The first kappa shape index (κ1) is 7.24. The number of aliphatic hydroxyl groups is 1. The van der Waals surface area contributed by atoms with Gasteiger partial charge in [0.05, 0.1) is 12.1 Å². The molecule has 1 aromatic rings. The highest BCUT2D eigenvalue weighted by Crippen LogP contribution is 2.08. The monoisotopic (exact) mass is 141 g/mol. The van der Waals surface area contributed by atoms with Gasteiger partial charge in [0.2, 0.25) is 0 Å². The van der Waals surface area contributed by atoms with Crippen LogP contribution in [0.5, 0.6) is 0 Å². The molecule has 0 saturated heterocycles. The summed E-state index contributed by atoms with van der Waals surface area (Å²) in [5.74, 6) is 0. The minimum Gasteiger partial charge on any atom is -0.396 e. The van der Waals surface area contributed by atoms with Crippen molar-refractivity contribution in [2.45, 2.75) is 12.5 Å². The summed E-state index contributed by atoms with van der Waals surface area (Å²) in [7, 11) is 0. The zero-order valence-corrected chi connectivity index (χ0v) is 5.45. The molecule has 1 heterocycles. The number of hydrogen-bond acceptors (Lipinski definition) is 4. The lowest BCUT2D eigenvalue weighted by molar-refractivity contribution is 0.273. The predicted molar refractivity (Wildman–Crippen MR) is 34.0 cm³/mol. The molecule has 0 aliphatic heterocycles. The molecule has 0 bridgehead atoms. The zero-order valence-electron chi connectivity index (χ0n) is 5.45. The third kappa shape index (κ3) is 1.55. The highest BCUT2D eigenvalue weighted by molar-refractivity contribution is 4.99. The van der Waals surface area contributed by atoms with Crippen LogP contribution in [0, 0.1) is 6.07 Å². The Morgan fingerprint density at radius 2 is 2.70 bits per heavy atom. The normalized spacial score (nSPS) is 13.4. The van der Waals surface area contributed by atoms with Crippen LogP contribution in [0.25, 0.3) is 0 Å². The fourth-order valence-corrected chi connectivity index (χ4v) is 0.647. The number of aromatic nitrogens is 1. The van der Waals surface area contributed by atoms with Crippen LogP contribution in [0.15, 0.2) is 10.8 Å². The largest absolute Gasteiger partial charge is 0.396 e. The van der Waals surface area contributed by atoms with Crippen molar-refractivity contribution in [2.75, 3.05) is 6.61 Å². The Hall–Kier alpha value is -0.870. The first-order valence-electron chi connectivity index (χ1n) is 3.03. The van der Waals surface area contributed by atoms with Gasteiger partial charge in [0.1, 0.15) is 12.0 Å². The molecule has 0 amide bonds. The molecule has 1 aromatic heterocycles. The van der Waals surface area contributed by atoms with E-state index in [9.17, 15) is 0 Å². The Morgan fingerprint density at radius 3 is 3.20 bits per heavy atom. The van der Waals surface area contributed by atoms with Crippen molar-refractivity contribution >= 4 is 0 Å². The fraction of sp³-hybridized carbons (Fsp3) is 0.500. The Bertz CT molecular complexity index is 174. The predicted octanol–water partition coefficient (Wildman–Crippen LogP) is -0.143. The van der Waals surface area contributed by atoms with Crippen molar-refractivity contribution in [3.8, 4) is 0 Å². The molecule has 4 heteroatoms. The van der Waals surface area contributed by atoms with Gasteiger partial charge < -0.3 is 15.4 Å². The minimum atomic E-state index is -0.260. The first-order chi connectivity index (χ1) is 4.84. The van der Waals surface area contributed by atoms with Crippen molar-refractivity contribution < 1.29 is 9.63 Å². The van der Waals surface area contributed by atoms with Crippen molar-refractivity contribution in [3.05, 3.63) is 18.0 Å². The Balaban J connectivity index is 2.50. The maximum atomic E-state index is 8.48. The molecule has 1 rings (SSSR count). The third-order valence-corrected chi connectivity index (χ3v) is 1.20. The molecule has 0 aliphatic rings. The Kier molecular flexibility index (Phi) is 2.42. The molecule has 1 unspecified atom stereocenters. The molecule has 0 spiro atoms. The fourth-order valence-electron chi connectivity index (χ4n) is 0.647. The summed E-state index contributed by atoms with van der Waals surface area (Å²) in [6.07, 6.45) is 1.83. The second-order valence-electron chi connectivity index (χ2n) is 1.96. The average Bonchev–Trinajstić information content (AvgIpc) is 2.38. The lowest BCUT2D eigenvalue weighted by atomic mass is 10.2. The molecule has 55 valence electrons. The van der Waals surface area contributed by atoms with E-state index in [1.807, 2.05) is 0 Å². The van der Waals surface area contributed by atoms with Crippen LogP contribution in [0.1, 0.15) is 18.2 Å². The first-order valence-corrected chi connectivity index (χ1v) is 3.03. The van der Waals surface area contributed by atoms with Crippen LogP contribution < -0.4 is 5.73 Å². The minimum absolute atomic E-state index is 0.0574. The van der Waals surface area contributed by atoms with Crippen LogP contribution in [0.2, 0.25) is 0 Å². The summed E-state index contributed by atoms with van der Waals surface area (Å²) in [5, 5.41) is 12.1. The maximum absolute atomic E-state index is 8.48. The van der Waals surface area contributed by atoms with E-state index >= 15 is 0 Å². The third-order valence-electron chi connectivity index (χ3n) is 1.20. The van der Waals surface area contributed by atoms with E-state index < -0.39 is 0 Å². The molecule has 0 aliphatic carbocycles. The van der Waals surface area contributed by atoms with Crippen molar-refractivity contribution in [1.29, 1.82) is 0 Å². The molecule has 0 saturated carbocycles. The van der Waals surface area contributed by atoms with Crippen LogP contribution in [0.3, 0.4) is 0 Å². The topological polar surface area (TPSA) is 72.3 Å². The second kappa shape index (κ2) is 3.34. The van der Waals surface area contributed by atoms with Gasteiger partial charge in [-0.15, -0.1) is 0 Å². The molecule has 4 nitrogen and oxygen atoms in total. The van der Waals surface area contributed by atoms with Crippen molar-refractivity contribution in [1.82, 2.24) is 5.16 Å². The summed E-state index contributed by atoms with van der Waals surface area (Å²) in [6.45, 7) is 0.0574. The Morgan fingerprint density at radius 1 is 1.90 bits per heavy atom. The highest BCUT2D eigenvalue weighted by Gasteiger charge is 2.07. The van der Waals surface area contributed by atoms with Gasteiger partial charge in [-0.1, -0.05) is 5.16 Å². The molecule has 0 fully saturated rings. The summed E-state index contributed by atoms with van der Waals surface area (Å²) in [5.41, 5.74) is 6.10. The van der Waals surface area contributed by atoms with E-state index in [1.54, 1.807) is 0 Å². The smallest absolute Gasteiger partial charge is 0.132 e. The lowest BCUT2D eigenvalue weighted by Gasteiger charge is -2.02. The molecule has 0 aromatic carbocycles. The average molecular weight is 141 g/mol. The molecular formula is C6H9N2O2. The summed E-state index contributed by atoms with van der Waals surface area (Å²) in [4.78, 5) is 0. The molecular weight excluding hydrogens is 132 g/mol. The standard InChI is InChI=1S/C6H9N2O2/c7-5(1-3-9)6-2-4-10-8-6/h4-5,9H,1,3,7H2. The molecule has 3 N–H and O–H groups in total. The van der Waals surface area contributed by atoms with Gasteiger partial charge in [-0.05, 0) is 6.42 Å². The van der Waals surface area contributed by atoms with Crippen LogP contribution >= 0.6 is 0 Å². The van der Waals surface area contributed by atoms with E-state index in [-0.39, 0.29) is 12.6 Å². The van der Waals surface area contributed by atoms with E-state index in [4.69, 9.17) is 10.8 Å². The van der Waals surface area contributed by atoms with Gasteiger partial charge in [0.15, 0.2) is 0 Å². The molecule has 10 heavy (non-hydrogen) atoms. The van der Waals surface area contributed by atoms with Gasteiger partial charge in [0, 0.05) is 6.61 Å². The van der Waals surface area contributed by atoms with E-state index in [0.29, 0.717) is 12.1 Å². The number of hydrogen-bond donors (Lipinski definition) is 2. The molecule has 1 atom stereocenters. The number of aliphatic hydroxyl groups excluding tert-OH is 1. The summed E-state index contributed by atoms with van der Waals surface area (Å²) >= 11 is 0. The van der Waals surface area contributed by atoms with E-state index in [0.717, 1.165) is 0 Å². The van der Waals surface area contributed by atoms with Gasteiger partial charge in [0.25, 0.3) is 0 Å². The number of rotatable bonds is 3. The second-order valence-corrected chi connectivity index (χ2v) is 1.96. The number of nitrogens with two attached hydrogens (primary N) is 1. The van der Waals surface area contributed by atoms with Crippen LogP contribution in [0.4, 0.5) is 0 Å². The highest BCUT2D eigenvalue weighted by atomic mass is 16.5. The van der Waals surface area contributed by atoms with Crippen molar-refractivity contribution in [3.63, 3.8) is 0 Å². The zero-order chi connectivity index (χ0) is 7.40. The van der Waals surface area contributed by atoms with Crippen LogP contribution in [-0.4, -0.2) is 16.9 Å². The van der Waals surface area contributed by atoms with E-state index in [2.05, 4.69) is 15.7 Å².